The number of aromatic nitrogens is 2. The van der Waals surface area contributed by atoms with E-state index in [-0.39, 0.29) is 0 Å². The van der Waals surface area contributed by atoms with Crippen molar-refractivity contribution in [3.8, 4) is 5.69 Å². The molecule has 5 heteroatoms. The molecule has 2 aromatic heterocycles. The van der Waals surface area contributed by atoms with Crippen LogP contribution in [0.1, 0.15) is 10.4 Å². The van der Waals surface area contributed by atoms with Gasteiger partial charge in [0.25, 0.3) is 0 Å². The van der Waals surface area contributed by atoms with Gasteiger partial charge in [-0.05, 0) is 41.6 Å². The summed E-state index contributed by atoms with van der Waals surface area (Å²) in [7, 11) is 0. The van der Waals surface area contributed by atoms with Crippen LogP contribution in [0.5, 0.6) is 0 Å². The normalized spacial score (nSPS) is 16.3. The highest BCUT2D eigenvalue weighted by Crippen LogP contribution is 2.14. The average molecular weight is 353 g/mol. The number of hydrogen-bond donors (Lipinski definition) is 0. The number of piperazine rings is 1. The molecule has 4 nitrogen and oxygen atoms in total. The van der Waals surface area contributed by atoms with Gasteiger partial charge in [-0.1, -0.05) is 18.2 Å². The second-order valence-corrected chi connectivity index (χ2v) is 7.60. The number of benzene rings is 1. The smallest absolute Gasteiger partial charge is 0.0645 e. The highest BCUT2D eigenvalue weighted by molar-refractivity contribution is 7.09. The fourth-order valence-corrected chi connectivity index (χ4v) is 4.03. The molecule has 0 bridgehead atoms. The third kappa shape index (κ3) is 4.37. The topological polar surface area (TPSA) is 24.3 Å². The van der Waals surface area contributed by atoms with Crippen molar-refractivity contribution in [1.29, 1.82) is 0 Å². The van der Waals surface area contributed by atoms with Gasteiger partial charge in [-0.25, -0.2) is 4.68 Å². The first-order chi connectivity index (χ1) is 12.4. The first-order valence-electron chi connectivity index (χ1n) is 8.93. The molecule has 0 N–H and O–H groups in total. The summed E-state index contributed by atoms with van der Waals surface area (Å²) < 4.78 is 1.90. The monoisotopic (exact) mass is 352 g/mol. The molecule has 1 saturated heterocycles. The Bertz CT molecular complexity index is 742. The summed E-state index contributed by atoms with van der Waals surface area (Å²) in [5.41, 5.74) is 2.50. The summed E-state index contributed by atoms with van der Waals surface area (Å²) in [5, 5.41) is 6.45. The van der Waals surface area contributed by atoms with E-state index in [0.717, 1.165) is 25.3 Å². The quantitative estimate of drug-likeness (QED) is 0.680. The third-order valence-corrected chi connectivity index (χ3v) is 5.77. The van der Waals surface area contributed by atoms with Crippen molar-refractivity contribution in [3.05, 3.63) is 70.7 Å². The van der Waals surface area contributed by atoms with Crippen LogP contribution < -0.4 is 0 Å². The molecular weight excluding hydrogens is 328 g/mol. The Morgan fingerprint density at radius 1 is 0.920 bits per heavy atom. The molecule has 0 atom stereocenters. The summed E-state index contributed by atoms with van der Waals surface area (Å²) in [4.78, 5) is 6.65. The van der Waals surface area contributed by atoms with Crippen LogP contribution >= 0.6 is 11.3 Å². The molecule has 3 aromatic rings. The maximum atomic E-state index is 4.28. The Balaban J connectivity index is 1.24. The number of thiophene rings is 1. The zero-order valence-corrected chi connectivity index (χ0v) is 15.2. The average Bonchev–Trinajstić information content (AvgIpc) is 3.36. The largest absolute Gasteiger partial charge is 0.300 e. The lowest BCUT2D eigenvalue weighted by Crippen LogP contribution is -2.46. The van der Waals surface area contributed by atoms with Crippen molar-refractivity contribution in [3.63, 3.8) is 0 Å². The lowest BCUT2D eigenvalue weighted by atomic mass is 10.1. The van der Waals surface area contributed by atoms with Crippen LogP contribution in [0, 0.1) is 0 Å². The molecular formula is C20H24N4S. The zero-order valence-electron chi connectivity index (χ0n) is 14.4. The van der Waals surface area contributed by atoms with Crippen molar-refractivity contribution in [2.75, 3.05) is 32.7 Å². The molecule has 1 aliphatic heterocycles. The minimum Gasteiger partial charge on any atom is -0.300 e. The summed E-state index contributed by atoms with van der Waals surface area (Å²) in [6.07, 6.45) is 4.98. The van der Waals surface area contributed by atoms with Gasteiger partial charge >= 0.3 is 0 Å². The van der Waals surface area contributed by atoms with E-state index < -0.39 is 0 Å². The predicted molar refractivity (Wildman–Crippen MR) is 103 cm³/mol. The van der Waals surface area contributed by atoms with Crippen LogP contribution in [0.2, 0.25) is 0 Å². The van der Waals surface area contributed by atoms with Crippen LogP contribution in [0.3, 0.4) is 0 Å². The minimum absolute atomic E-state index is 1.04. The Hall–Kier alpha value is -1.95. The van der Waals surface area contributed by atoms with Crippen molar-refractivity contribution in [2.24, 2.45) is 0 Å². The Morgan fingerprint density at radius 3 is 2.40 bits per heavy atom. The van der Waals surface area contributed by atoms with Gasteiger partial charge in [0, 0.05) is 56.5 Å². The maximum absolute atomic E-state index is 4.28. The molecule has 1 fully saturated rings. The Kier molecular flexibility index (Phi) is 5.25. The summed E-state index contributed by atoms with van der Waals surface area (Å²) in [6.45, 7) is 6.90. The van der Waals surface area contributed by atoms with Gasteiger partial charge < -0.3 is 4.90 Å². The van der Waals surface area contributed by atoms with Gasteiger partial charge in [-0.2, -0.15) is 5.10 Å². The number of rotatable bonds is 6. The summed E-state index contributed by atoms with van der Waals surface area (Å²) in [5.74, 6) is 0. The van der Waals surface area contributed by atoms with E-state index in [1.54, 1.807) is 0 Å². The van der Waals surface area contributed by atoms with E-state index in [1.165, 1.54) is 36.5 Å². The molecule has 0 radical (unpaired) electrons. The highest BCUT2D eigenvalue weighted by atomic mass is 32.1. The van der Waals surface area contributed by atoms with E-state index in [1.807, 2.05) is 34.5 Å². The van der Waals surface area contributed by atoms with E-state index in [2.05, 4.69) is 56.7 Å². The molecule has 4 rings (SSSR count). The van der Waals surface area contributed by atoms with Crippen molar-refractivity contribution < 1.29 is 0 Å². The molecule has 0 spiro atoms. The molecule has 1 aliphatic rings. The standard InChI is InChI=1S/C20H24N4S/c1-3-20(25-16-1)8-11-22-12-14-23(15-13-22)17-18-4-6-19(7-5-18)24-10-2-9-21-24/h1-7,9-10,16H,8,11-15,17H2. The SMILES string of the molecule is c1csc(CCN2CCN(Cc3ccc(-n4cccn4)cc3)CC2)c1. The van der Waals surface area contributed by atoms with Crippen molar-refractivity contribution >= 4 is 11.3 Å². The van der Waals surface area contributed by atoms with Crippen LogP contribution in [-0.2, 0) is 13.0 Å². The van der Waals surface area contributed by atoms with Crippen LogP contribution in [0.15, 0.2) is 60.2 Å². The molecule has 3 heterocycles. The van der Waals surface area contributed by atoms with E-state index in [0.29, 0.717) is 0 Å². The fourth-order valence-electron chi connectivity index (χ4n) is 3.33. The van der Waals surface area contributed by atoms with Gasteiger partial charge in [-0.3, -0.25) is 4.90 Å². The zero-order chi connectivity index (χ0) is 16.9. The summed E-state index contributed by atoms with van der Waals surface area (Å²) >= 11 is 1.87. The van der Waals surface area contributed by atoms with Crippen LogP contribution in [0.4, 0.5) is 0 Å². The maximum Gasteiger partial charge on any atom is 0.0645 e. The summed E-state index contributed by atoms with van der Waals surface area (Å²) in [6, 6.07) is 15.1. The van der Waals surface area contributed by atoms with Gasteiger partial charge in [0.2, 0.25) is 0 Å². The van der Waals surface area contributed by atoms with Gasteiger partial charge in [0.15, 0.2) is 0 Å². The molecule has 130 valence electrons. The highest BCUT2D eigenvalue weighted by Gasteiger charge is 2.16. The molecule has 1 aromatic carbocycles. The third-order valence-electron chi connectivity index (χ3n) is 4.83. The lowest BCUT2D eigenvalue weighted by molar-refractivity contribution is 0.128. The number of nitrogens with zero attached hydrogens (tertiary/aromatic N) is 4. The minimum atomic E-state index is 1.04. The second-order valence-electron chi connectivity index (χ2n) is 6.56. The first-order valence-corrected chi connectivity index (χ1v) is 9.81. The lowest BCUT2D eigenvalue weighted by Gasteiger charge is -2.34. The van der Waals surface area contributed by atoms with Crippen molar-refractivity contribution in [1.82, 2.24) is 19.6 Å². The molecule has 0 amide bonds. The van der Waals surface area contributed by atoms with Gasteiger partial charge in [0.1, 0.15) is 0 Å². The number of hydrogen-bond acceptors (Lipinski definition) is 4. The molecule has 25 heavy (non-hydrogen) atoms. The molecule has 0 saturated carbocycles. The van der Waals surface area contributed by atoms with Gasteiger partial charge in [0.05, 0.1) is 5.69 Å². The van der Waals surface area contributed by atoms with E-state index in [4.69, 9.17) is 0 Å². The Labute approximate surface area is 153 Å². The van der Waals surface area contributed by atoms with Crippen molar-refractivity contribution in [2.45, 2.75) is 13.0 Å². The predicted octanol–water partition coefficient (Wildman–Crippen LogP) is 3.29. The fraction of sp³-hybridized carbons (Fsp3) is 0.350. The molecule has 0 unspecified atom stereocenters. The van der Waals surface area contributed by atoms with Gasteiger partial charge in [-0.15, -0.1) is 11.3 Å². The van der Waals surface area contributed by atoms with Crippen LogP contribution in [-0.4, -0.2) is 52.3 Å². The van der Waals surface area contributed by atoms with E-state index >= 15 is 0 Å². The molecule has 0 aliphatic carbocycles. The Morgan fingerprint density at radius 2 is 1.72 bits per heavy atom. The van der Waals surface area contributed by atoms with Crippen LogP contribution in [0.25, 0.3) is 5.69 Å². The second kappa shape index (κ2) is 7.95. The first kappa shape index (κ1) is 16.5. The van der Waals surface area contributed by atoms with E-state index in [9.17, 15) is 0 Å².